The number of nitrogens with zero attached hydrogens (tertiary/aromatic N) is 2. The first-order chi connectivity index (χ1) is 17.5. The van der Waals surface area contributed by atoms with E-state index in [0.29, 0.717) is 26.2 Å². The molecule has 7 nitrogen and oxygen atoms in total. The molecule has 0 amide bonds. The number of carbonyl (C=O) groups excluding carboxylic acids is 1. The summed E-state index contributed by atoms with van der Waals surface area (Å²) in [5.74, 6) is -1.53. The van der Waals surface area contributed by atoms with Crippen LogP contribution in [0.15, 0.2) is 87.5 Å². The average molecular weight is 517 g/mol. The normalized spacial score (nSPS) is 15.4. The Morgan fingerprint density at radius 1 is 1.08 bits per heavy atom. The minimum absolute atomic E-state index is 0.165. The number of carbonyl (C=O) groups is 2. The Balaban J connectivity index is 1.76. The predicted octanol–water partition coefficient (Wildman–Crippen LogP) is 3.70. The Kier molecular flexibility index (Phi) is 6.49. The van der Waals surface area contributed by atoms with Gasteiger partial charge in [0.2, 0.25) is 0 Å². The zero-order chi connectivity index (χ0) is 25.2. The number of ether oxygens (including phenoxy) is 1. The summed E-state index contributed by atoms with van der Waals surface area (Å²) in [5.41, 5.74) is 2.11. The van der Waals surface area contributed by atoms with Crippen molar-refractivity contribution in [2.24, 2.45) is 4.99 Å². The highest BCUT2D eigenvalue weighted by Crippen LogP contribution is 2.36. The number of thiazole rings is 1. The maximum Gasteiger partial charge on any atom is 0.338 e. The number of hydrogen-bond donors (Lipinski definition) is 1. The second-order valence-electron chi connectivity index (χ2n) is 7.87. The van der Waals surface area contributed by atoms with Crippen LogP contribution in [-0.4, -0.2) is 28.2 Å². The van der Waals surface area contributed by atoms with Gasteiger partial charge in [-0.15, -0.1) is 11.3 Å². The molecule has 36 heavy (non-hydrogen) atoms. The largest absolute Gasteiger partial charge is 0.478 e. The Hall–Kier alpha value is -4.08. The third kappa shape index (κ3) is 4.34. The number of hydrogen-bond acceptors (Lipinski definition) is 7. The van der Waals surface area contributed by atoms with Crippen LogP contribution in [0.2, 0.25) is 0 Å². The Morgan fingerprint density at radius 2 is 1.83 bits per heavy atom. The van der Waals surface area contributed by atoms with Crippen molar-refractivity contribution in [3.05, 3.63) is 119 Å². The van der Waals surface area contributed by atoms with Crippen LogP contribution in [0.5, 0.6) is 0 Å². The summed E-state index contributed by atoms with van der Waals surface area (Å²) in [7, 11) is 0. The summed E-state index contributed by atoms with van der Waals surface area (Å²) in [6, 6.07) is 18.8. The van der Waals surface area contributed by atoms with Gasteiger partial charge in [-0.2, -0.15) is 0 Å². The SMILES string of the molecule is CCOC(=O)C1=C(c2ccccc2)N=c2s/c(=C\c3ccc(C(=O)O)cc3)c(=O)n2[C@@H]1c1cccs1. The van der Waals surface area contributed by atoms with E-state index < -0.39 is 18.0 Å². The minimum Gasteiger partial charge on any atom is -0.478 e. The van der Waals surface area contributed by atoms with Crippen molar-refractivity contribution in [3.63, 3.8) is 0 Å². The molecule has 0 bridgehead atoms. The number of aromatic carboxylic acids is 1. The molecule has 1 atom stereocenters. The smallest absolute Gasteiger partial charge is 0.338 e. The Labute approximate surface area is 213 Å². The van der Waals surface area contributed by atoms with E-state index in [1.807, 2.05) is 47.8 Å². The molecule has 3 heterocycles. The van der Waals surface area contributed by atoms with Crippen molar-refractivity contribution in [1.29, 1.82) is 0 Å². The summed E-state index contributed by atoms with van der Waals surface area (Å²) in [6.45, 7) is 1.93. The van der Waals surface area contributed by atoms with E-state index in [2.05, 4.69) is 0 Å². The molecule has 2 aromatic heterocycles. The number of rotatable bonds is 6. The average Bonchev–Trinajstić information content (AvgIpc) is 3.52. The van der Waals surface area contributed by atoms with Crippen molar-refractivity contribution in [1.82, 2.24) is 4.57 Å². The molecule has 0 radical (unpaired) electrons. The molecule has 2 aromatic carbocycles. The second kappa shape index (κ2) is 9.88. The molecule has 0 unspecified atom stereocenters. The highest BCUT2D eigenvalue weighted by atomic mass is 32.1. The number of esters is 1. The van der Waals surface area contributed by atoms with Gasteiger partial charge in [-0.25, -0.2) is 14.6 Å². The van der Waals surface area contributed by atoms with Gasteiger partial charge in [-0.3, -0.25) is 9.36 Å². The third-order valence-electron chi connectivity index (χ3n) is 5.64. The first-order valence-corrected chi connectivity index (χ1v) is 12.8. The van der Waals surface area contributed by atoms with Crippen LogP contribution < -0.4 is 14.9 Å². The lowest BCUT2D eigenvalue weighted by atomic mass is 9.97. The van der Waals surface area contributed by atoms with Crippen molar-refractivity contribution < 1.29 is 19.4 Å². The molecule has 9 heteroatoms. The molecule has 0 saturated carbocycles. The molecular formula is C27H20N2O5S2. The fourth-order valence-corrected chi connectivity index (χ4v) is 5.85. The summed E-state index contributed by atoms with van der Waals surface area (Å²) >= 11 is 2.68. The molecule has 4 aromatic rings. The number of thiophene rings is 1. The standard InChI is InChI=1S/C27H20N2O5S2/c1-2-34-26(33)21-22(17-7-4-3-5-8-17)28-27-29(23(21)19-9-6-14-35-19)24(30)20(36-27)15-16-10-12-18(13-11-16)25(31)32/h3-15,23H,2H2,1H3,(H,31,32)/b20-15-/t23-/m1/s1. The highest BCUT2D eigenvalue weighted by molar-refractivity contribution is 7.10. The summed E-state index contributed by atoms with van der Waals surface area (Å²) < 4.78 is 7.40. The lowest BCUT2D eigenvalue weighted by Gasteiger charge is -2.24. The first kappa shape index (κ1) is 23.7. The predicted molar refractivity (Wildman–Crippen MR) is 139 cm³/mol. The molecule has 0 fully saturated rings. The molecule has 180 valence electrons. The van der Waals surface area contributed by atoms with Crippen LogP contribution in [0.4, 0.5) is 0 Å². The number of aromatic nitrogens is 1. The number of benzene rings is 2. The molecule has 5 rings (SSSR count). The van der Waals surface area contributed by atoms with Gasteiger partial charge in [0, 0.05) is 10.4 Å². The molecule has 1 N–H and O–H groups in total. The van der Waals surface area contributed by atoms with E-state index in [1.165, 1.54) is 34.8 Å². The van der Waals surface area contributed by atoms with E-state index >= 15 is 0 Å². The topological polar surface area (TPSA) is 98.0 Å². The van der Waals surface area contributed by atoms with Crippen molar-refractivity contribution >= 4 is 46.4 Å². The van der Waals surface area contributed by atoms with Gasteiger partial charge in [-0.05, 0) is 42.1 Å². The van der Waals surface area contributed by atoms with E-state index in [9.17, 15) is 14.4 Å². The van der Waals surface area contributed by atoms with Crippen LogP contribution in [0.3, 0.4) is 0 Å². The quantitative estimate of drug-likeness (QED) is 0.394. The maximum absolute atomic E-state index is 13.7. The molecule has 1 aliphatic rings. The summed E-state index contributed by atoms with van der Waals surface area (Å²) in [4.78, 5) is 44.2. The molecule has 1 aliphatic heterocycles. The first-order valence-electron chi connectivity index (χ1n) is 11.1. The van der Waals surface area contributed by atoms with Gasteiger partial charge in [0.15, 0.2) is 4.80 Å². The van der Waals surface area contributed by atoms with Crippen molar-refractivity contribution in [2.75, 3.05) is 6.61 Å². The van der Waals surface area contributed by atoms with Gasteiger partial charge in [0.05, 0.1) is 28.0 Å². The van der Waals surface area contributed by atoms with E-state index in [1.54, 1.807) is 29.7 Å². The minimum atomic E-state index is -1.02. The summed E-state index contributed by atoms with van der Waals surface area (Å²) in [5, 5.41) is 11.1. The number of carboxylic acid groups (broad SMARTS) is 1. The monoisotopic (exact) mass is 516 g/mol. The fourth-order valence-electron chi connectivity index (χ4n) is 4.03. The van der Waals surface area contributed by atoms with Crippen LogP contribution in [0.1, 0.15) is 39.3 Å². The zero-order valence-electron chi connectivity index (χ0n) is 19.1. The summed E-state index contributed by atoms with van der Waals surface area (Å²) in [6.07, 6.45) is 1.71. The van der Waals surface area contributed by atoms with Crippen molar-refractivity contribution in [2.45, 2.75) is 13.0 Å². The van der Waals surface area contributed by atoms with Gasteiger partial charge in [0.25, 0.3) is 5.56 Å². The van der Waals surface area contributed by atoms with Gasteiger partial charge >= 0.3 is 11.9 Å². The Bertz CT molecular complexity index is 1650. The van der Waals surface area contributed by atoms with E-state index in [4.69, 9.17) is 14.8 Å². The van der Waals surface area contributed by atoms with Crippen LogP contribution in [-0.2, 0) is 9.53 Å². The Morgan fingerprint density at radius 3 is 2.47 bits per heavy atom. The maximum atomic E-state index is 13.7. The fraction of sp³-hybridized carbons (Fsp3) is 0.111. The lowest BCUT2D eigenvalue weighted by Crippen LogP contribution is -2.39. The number of carboxylic acids is 1. The second-order valence-corrected chi connectivity index (χ2v) is 9.86. The van der Waals surface area contributed by atoms with Crippen LogP contribution in [0, 0.1) is 0 Å². The van der Waals surface area contributed by atoms with Crippen LogP contribution in [0.25, 0.3) is 11.8 Å². The van der Waals surface area contributed by atoms with Gasteiger partial charge < -0.3 is 9.84 Å². The molecule has 0 aliphatic carbocycles. The zero-order valence-corrected chi connectivity index (χ0v) is 20.7. The molecule has 0 saturated heterocycles. The van der Waals surface area contributed by atoms with Crippen molar-refractivity contribution in [3.8, 4) is 0 Å². The molecule has 0 spiro atoms. The third-order valence-corrected chi connectivity index (χ3v) is 7.55. The van der Waals surface area contributed by atoms with Gasteiger partial charge in [-0.1, -0.05) is 59.9 Å². The van der Waals surface area contributed by atoms with E-state index in [-0.39, 0.29) is 17.7 Å². The van der Waals surface area contributed by atoms with Gasteiger partial charge in [0.1, 0.15) is 6.04 Å². The lowest BCUT2D eigenvalue weighted by molar-refractivity contribution is -0.138. The molecular weight excluding hydrogens is 496 g/mol. The van der Waals surface area contributed by atoms with E-state index in [0.717, 1.165) is 10.4 Å². The number of fused-ring (bicyclic) bond motifs is 1. The van der Waals surface area contributed by atoms with Crippen LogP contribution >= 0.6 is 22.7 Å². The highest BCUT2D eigenvalue weighted by Gasteiger charge is 2.35.